The highest BCUT2D eigenvalue weighted by Crippen LogP contribution is 2.29. The third-order valence-corrected chi connectivity index (χ3v) is 4.48. The zero-order valence-electron chi connectivity index (χ0n) is 13.0. The third kappa shape index (κ3) is 4.26. The van der Waals surface area contributed by atoms with Crippen molar-refractivity contribution in [2.75, 3.05) is 13.1 Å². The molecule has 2 unspecified atom stereocenters. The normalized spacial score (nSPS) is 17.8. The second-order valence-corrected chi connectivity index (χ2v) is 6.11. The van der Waals surface area contributed by atoms with E-state index in [2.05, 4.69) is 10.6 Å². The zero-order valence-corrected chi connectivity index (χ0v) is 14.5. The molecule has 2 N–H and O–H groups in total. The van der Waals surface area contributed by atoms with Crippen molar-refractivity contribution >= 4 is 29.9 Å². The van der Waals surface area contributed by atoms with Gasteiger partial charge in [-0.05, 0) is 42.3 Å². The minimum absolute atomic E-state index is 0. The Morgan fingerprint density at radius 3 is 2.54 bits per heavy atom. The van der Waals surface area contributed by atoms with E-state index in [0.717, 1.165) is 24.1 Å². The molecule has 128 valence electrons. The first-order valence-electron chi connectivity index (χ1n) is 7.66. The molecule has 2 aromatic carbocycles. The Balaban J connectivity index is 0.00000208. The molecule has 0 aromatic heterocycles. The Bertz CT molecular complexity index is 688. The fourth-order valence-corrected chi connectivity index (χ4v) is 3.09. The Morgan fingerprint density at radius 1 is 1.21 bits per heavy atom. The maximum absolute atomic E-state index is 13.2. The number of hydrogen-bond donors (Lipinski definition) is 2. The van der Waals surface area contributed by atoms with Crippen LogP contribution in [0.15, 0.2) is 48.5 Å². The first-order valence-corrected chi connectivity index (χ1v) is 8.04. The average molecular weight is 369 g/mol. The number of rotatable bonds is 4. The number of carbonyl (C=O) groups excluding carboxylic acids is 1. The summed E-state index contributed by atoms with van der Waals surface area (Å²) in [6.45, 7) is 1.54. The number of amides is 1. The maximum Gasteiger partial charge on any atom is 0.225 e. The first-order chi connectivity index (χ1) is 11.1. The van der Waals surface area contributed by atoms with E-state index in [-0.39, 0.29) is 30.0 Å². The van der Waals surface area contributed by atoms with Crippen molar-refractivity contribution in [3.8, 4) is 0 Å². The molecule has 6 heteroatoms. The van der Waals surface area contributed by atoms with Crippen molar-refractivity contribution in [3.05, 3.63) is 70.5 Å². The molecule has 0 saturated carbocycles. The van der Waals surface area contributed by atoms with Crippen LogP contribution in [0.4, 0.5) is 4.39 Å². The molecule has 0 radical (unpaired) electrons. The van der Waals surface area contributed by atoms with Crippen LogP contribution in [0, 0.1) is 11.7 Å². The molecule has 24 heavy (non-hydrogen) atoms. The second-order valence-electron chi connectivity index (χ2n) is 5.70. The van der Waals surface area contributed by atoms with Crippen molar-refractivity contribution in [2.24, 2.45) is 5.92 Å². The largest absolute Gasteiger partial charge is 0.345 e. The maximum atomic E-state index is 13.2. The lowest BCUT2D eigenvalue weighted by atomic mass is 9.97. The van der Waals surface area contributed by atoms with Crippen LogP contribution >= 0.6 is 24.0 Å². The van der Waals surface area contributed by atoms with E-state index in [1.165, 1.54) is 12.1 Å². The summed E-state index contributed by atoms with van der Waals surface area (Å²) in [6.07, 6.45) is 0.824. The summed E-state index contributed by atoms with van der Waals surface area (Å²) in [4.78, 5) is 12.5. The predicted molar refractivity (Wildman–Crippen MR) is 96.1 cm³/mol. The molecule has 0 aliphatic carbocycles. The highest BCUT2D eigenvalue weighted by Gasteiger charge is 2.26. The third-order valence-electron chi connectivity index (χ3n) is 4.14. The van der Waals surface area contributed by atoms with E-state index in [1.807, 2.05) is 18.2 Å². The lowest BCUT2D eigenvalue weighted by Crippen LogP contribution is -2.35. The standard InChI is InChI=1S/C18H18ClFN2O.ClH/c19-16-4-2-1-3-15(16)17(12-5-7-14(20)8-6-12)22-18(23)13-9-10-21-11-13;/h1-8,13,17,21H,9-11H2,(H,22,23);1H. The van der Waals surface area contributed by atoms with Gasteiger partial charge in [0.1, 0.15) is 5.82 Å². The van der Waals surface area contributed by atoms with Crippen molar-refractivity contribution in [3.63, 3.8) is 0 Å². The predicted octanol–water partition coefficient (Wildman–Crippen LogP) is 3.72. The number of nitrogens with one attached hydrogen (secondary N) is 2. The van der Waals surface area contributed by atoms with Crippen LogP contribution in [0.1, 0.15) is 23.6 Å². The van der Waals surface area contributed by atoms with Crippen LogP contribution < -0.4 is 10.6 Å². The number of benzene rings is 2. The Morgan fingerprint density at radius 2 is 1.92 bits per heavy atom. The van der Waals surface area contributed by atoms with Gasteiger partial charge in [0.15, 0.2) is 0 Å². The van der Waals surface area contributed by atoms with Crippen LogP contribution in [-0.2, 0) is 4.79 Å². The van der Waals surface area contributed by atoms with Crippen molar-refractivity contribution < 1.29 is 9.18 Å². The summed E-state index contributed by atoms with van der Waals surface area (Å²) in [5.41, 5.74) is 1.61. The molecule has 1 aliphatic heterocycles. The van der Waals surface area contributed by atoms with Gasteiger partial charge in [-0.2, -0.15) is 0 Å². The number of carbonyl (C=O) groups is 1. The first kappa shape index (κ1) is 18.7. The van der Waals surface area contributed by atoms with E-state index < -0.39 is 6.04 Å². The summed E-state index contributed by atoms with van der Waals surface area (Å²) >= 11 is 6.31. The van der Waals surface area contributed by atoms with Gasteiger partial charge in [0, 0.05) is 11.6 Å². The Kier molecular flexibility index (Phi) is 6.60. The van der Waals surface area contributed by atoms with Gasteiger partial charge in [-0.1, -0.05) is 41.9 Å². The number of hydrogen-bond acceptors (Lipinski definition) is 2. The molecule has 3 nitrogen and oxygen atoms in total. The van der Waals surface area contributed by atoms with Crippen LogP contribution in [0.25, 0.3) is 0 Å². The molecule has 2 atom stereocenters. The van der Waals surface area contributed by atoms with Crippen LogP contribution in [0.3, 0.4) is 0 Å². The summed E-state index contributed by atoms with van der Waals surface area (Å²) in [5, 5.41) is 6.83. The summed E-state index contributed by atoms with van der Waals surface area (Å²) in [6, 6.07) is 13.1. The van der Waals surface area contributed by atoms with Crippen LogP contribution in [-0.4, -0.2) is 19.0 Å². The van der Waals surface area contributed by atoms with Gasteiger partial charge in [0.05, 0.1) is 12.0 Å². The summed E-state index contributed by atoms with van der Waals surface area (Å²) in [5.74, 6) is -0.359. The second kappa shape index (κ2) is 8.47. The van der Waals surface area contributed by atoms with Crippen molar-refractivity contribution in [2.45, 2.75) is 12.5 Å². The van der Waals surface area contributed by atoms with Crippen LogP contribution in [0.5, 0.6) is 0 Å². The van der Waals surface area contributed by atoms with Gasteiger partial charge >= 0.3 is 0 Å². The monoisotopic (exact) mass is 368 g/mol. The van der Waals surface area contributed by atoms with Gasteiger partial charge < -0.3 is 10.6 Å². The molecule has 0 spiro atoms. The van der Waals surface area contributed by atoms with E-state index in [4.69, 9.17) is 11.6 Å². The Labute approximate surface area is 152 Å². The SMILES string of the molecule is Cl.O=C(NC(c1ccc(F)cc1)c1ccccc1Cl)C1CCNC1. The van der Waals surface area contributed by atoms with E-state index in [9.17, 15) is 9.18 Å². The molecule has 3 rings (SSSR count). The highest BCUT2D eigenvalue weighted by molar-refractivity contribution is 6.31. The van der Waals surface area contributed by atoms with E-state index in [1.54, 1.807) is 18.2 Å². The minimum Gasteiger partial charge on any atom is -0.345 e. The van der Waals surface area contributed by atoms with Crippen LogP contribution in [0.2, 0.25) is 5.02 Å². The van der Waals surface area contributed by atoms with Crippen molar-refractivity contribution in [1.29, 1.82) is 0 Å². The summed E-state index contributed by atoms with van der Waals surface area (Å²) < 4.78 is 13.2. The molecule has 1 saturated heterocycles. The van der Waals surface area contributed by atoms with Crippen molar-refractivity contribution in [1.82, 2.24) is 10.6 Å². The molecule has 1 aliphatic rings. The molecule has 2 aromatic rings. The van der Waals surface area contributed by atoms with Gasteiger partial charge in [-0.25, -0.2) is 4.39 Å². The van der Waals surface area contributed by atoms with Gasteiger partial charge in [-0.3, -0.25) is 4.79 Å². The van der Waals surface area contributed by atoms with E-state index >= 15 is 0 Å². The fourth-order valence-electron chi connectivity index (χ4n) is 2.84. The molecule has 1 amide bonds. The fraction of sp³-hybridized carbons (Fsp3) is 0.278. The lowest BCUT2D eigenvalue weighted by molar-refractivity contribution is -0.124. The summed E-state index contributed by atoms with van der Waals surface area (Å²) in [7, 11) is 0. The smallest absolute Gasteiger partial charge is 0.225 e. The van der Waals surface area contributed by atoms with Gasteiger partial charge in [0.25, 0.3) is 0 Å². The molecular weight excluding hydrogens is 350 g/mol. The topological polar surface area (TPSA) is 41.1 Å². The Hall–Kier alpha value is -1.62. The van der Waals surface area contributed by atoms with E-state index in [0.29, 0.717) is 11.6 Å². The average Bonchev–Trinajstić information content (AvgIpc) is 3.09. The minimum atomic E-state index is -0.391. The molecule has 1 heterocycles. The number of halogens is 3. The van der Waals surface area contributed by atoms with Gasteiger partial charge in [0.2, 0.25) is 5.91 Å². The van der Waals surface area contributed by atoms with Gasteiger partial charge in [-0.15, -0.1) is 12.4 Å². The molecular formula is C18H19Cl2FN2O. The zero-order chi connectivity index (χ0) is 16.2. The highest BCUT2D eigenvalue weighted by atomic mass is 35.5. The quantitative estimate of drug-likeness (QED) is 0.863. The lowest BCUT2D eigenvalue weighted by Gasteiger charge is -2.22. The molecule has 0 bridgehead atoms. The molecule has 1 fully saturated rings.